The maximum Gasteiger partial charge on any atom is 0.354 e. The van der Waals surface area contributed by atoms with E-state index in [1.807, 2.05) is 6.92 Å². The lowest BCUT2D eigenvalue weighted by Gasteiger charge is -2.17. The molecule has 0 saturated heterocycles. The van der Waals surface area contributed by atoms with Crippen molar-refractivity contribution in [3.05, 3.63) is 70.8 Å². The maximum absolute atomic E-state index is 10.8. The SMILES string of the molecule is CCC(c1ccc(C(=N)C(=O)O)cc1)c1ccc(C(=N)C(=O)O)cc1. The van der Waals surface area contributed by atoms with Crippen LogP contribution in [0.5, 0.6) is 0 Å². The largest absolute Gasteiger partial charge is 0.477 e. The Bertz CT molecular complexity index is 754. The van der Waals surface area contributed by atoms with Crippen LogP contribution in [0.2, 0.25) is 0 Å². The molecule has 0 heterocycles. The van der Waals surface area contributed by atoms with Crippen LogP contribution in [0, 0.1) is 10.8 Å². The highest BCUT2D eigenvalue weighted by molar-refractivity contribution is 6.41. The summed E-state index contributed by atoms with van der Waals surface area (Å²) in [7, 11) is 0. The number of carboxylic acid groups (broad SMARTS) is 2. The van der Waals surface area contributed by atoms with Crippen LogP contribution in [0.1, 0.15) is 41.5 Å². The molecule has 6 nitrogen and oxygen atoms in total. The Kier molecular flexibility index (Phi) is 5.44. The fourth-order valence-electron chi connectivity index (χ4n) is 2.67. The van der Waals surface area contributed by atoms with Crippen LogP contribution in [0.25, 0.3) is 0 Å². The first-order valence-electron chi connectivity index (χ1n) is 7.69. The zero-order valence-electron chi connectivity index (χ0n) is 13.6. The third-order valence-corrected chi connectivity index (χ3v) is 4.04. The summed E-state index contributed by atoms with van der Waals surface area (Å²) in [6.07, 6.45) is 0.797. The highest BCUT2D eigenvalue weighted by Crippen LogP contribution is 2.28. The van der Waals surface area contributed by atoms with Gasteiger partial charge in [-0.3, -0.25) is 10.8 Å². The number of nitrogens with one attached hydrogen (secondary N) is 2. The molecule has 0 aliphatic rings. The van der Waals surface area contributed by atoms with Gasteiger partial charge in [-0.15, -0.1) is 0 Å². The molecule has 0 fully saturated rings. The van der Waals surface area contributed by atoms with E-state index in [1.54, 1.807) is 48.5 Å². The molecule has 0 amide bonds. The summed E-state index contributed by atoms with van der Waals surface area (Å²) in [6, 6.07) is 13.7. The van der Waals surface area contributed by atoms with E-state index in [0.29, 0.717) is 11.1 Å². The second-order valence-corrected chi connectivity index (χ2v) is 5.57. The number of carboxylic acids is 2. The standard InChI is InChI=1S/C19H18N2O4/c1-2-15(11-3-7-13(8-4-11)16(20)18(22)23)12-5-9-14(10-6-12)17(21)19(24)25/h3-10,15,20-21H,2H2,1H3,(H,22,23)(H,24,25). The predicted octanol–water partition coefficient (Wildman–Crippen LogP) is 3.13. The van der Waals surface area contributed by atoms with E-state index in [0.717, 1.165) is 17.5 Å². The molecular weight excluding hydrogens is 320 g/mol. The molecule has 0 unspecified atom stereocenters. The van der Waals surface area contributed by atoms with E-state index in [2.05, 4.69) is 0 Å². The Labute approximate surface area is 144 Å². The summed E-state index contributed by atoms with van der Waals surface area (Å²) >= 11 is 0. The van der Waals surface area contributed by atoms with Crippen LogP contribution < -0.4 is 0 Å². The Morgan fingerprint density at radius 3 is 1.36 bits per heavy atom. The lowest BCUT2D eigenvalue weighted by atomic mass is 9.88. The van der Waals surface area contributed by atoms with Crippen molar-refractivity contribution in [1.29, 1.82) is 10.8 Å². The van der Waals surface area contributed by atoms with Gasteiger partial charge in [0.2, 0.25) is 0 Å². The van der Waals surface area contributed by atoms with Crippen molar-refractivity contribution in [2.24, 2.45) is 0 Å². The average molecular weight is 338 g/mol. The van der Waals surface area contributed by atoms with E-state index in [4.69, 9.17) is 21.0 Å². The van der Waals surface area contributed by atoms with Crippen molar-refractivity contribution in [1.82, 2.24) is 0 Å². The van der Waals surface area contributed by atoms with E-state index in [9.17, 15) is 9.59 Å². The Morgan fingerprint density at radius 1 is 0.800 bits per heavy atom. The van der Waals surface area contributed by atoms with Crippen LogP contribution in [-0.4, -0.2) is 33.6 Å². The van der Waals surface area contributed by atoms with Crippen molar-refractivity contribution in [3.63, 3.8) is 0 Å². The third kappa shape index (κ3) is 3.98. The summed E-state index contributed by atoms with van der Waals surface area (Å²) in [5.74, 6) is -2.48. The molecule has 2 aromatic rings. The highest BCUT2D eigenvalue weighted by atomic mass is 16.4. The number of aliphatic carboxylic acids is 2. The average Bonchev–Trinajstić information content (AvgIpc) is 2.62. The quantitative estimate of drug-likeness (QED) is 0.579. The molecule has 2 rings (SSSR count). The molecule has 0 spiro atoms. The van der Waals surface area contributed by atoms with Crippen molar-refractivity contribution in [3.8, 4) is 0 Å². The molecule has 0 aliphatic heterocycles. The van der Waals surface area contributed by atoms with Crippen molar-refractivity contribution < 1.29 is 19.8 Å². The molecule has 0 bridgehead atoms. The molecule has 0 atom stereocenters. The first-order valence-corrected chi connectivity index (χ1v) is 7.69. The topological polar surface area (TPSA) is 122 Å². The summed E-state index contributed by atoms with van der Waals surface area (Å²) < 4.78 is 0. The number of rotatable bonds is 7. The first kappa shape index (κ1) is 18.1. The van der Waals surface area contributed by atoms with Crippen LogP contribution in [-0.2, 0) is 9.59 Å². The van der Waals surface area contributed by atoms with Gasteiger partial charge >= 0.3 is 11.9 Å². The lowest BCUT2D eigenvalue weighted by molar-refractivity contribution is -0.130. The van der Waals surface area contributed by atoms with Gasteiger partial charge in [-0.2, -0.15) is 0 Å². The molecule has 0 aliphatic carbocycles. The van der Waals surface area contributed by atoms with Gasteiger partial charge in [-0.25, -0.2) is 9.59 Å². The smallest absolute Gasteiger partial charge is 0.354 e. The molecule has 2 aromatic carbocycles. The second kappa shape index (κ2) is 7.53. The van der Waals surface area contributed by atoms with Gasteiger partial charge < -0.3 is 10.2 Å². The van der Waals surface area contributed by atoms with Gasteiger partial charge in [-0.1, -0.05) is 55.5 Å². The molecule has 0 saturated carbocycles. The lowest BCUT2D eigenvalue weighted by Crippen LogP contribution is -2.13. The van der Waals surface area contributed by atoms with E-state index >= 15 is 0 Å². The fourth-order valence-corrected chi connectivity index (χ4v) is 2.67. The predicted molar refractivity (Wildman–Crippen MR) is 93.9 cm³/mol. The molecule has 25 heavy (non-hydrogen) atoms. The Morgan fingerprint density at radius 2 is 1.12 bits per heavy atom. The molecule has 6 heteroatoms. The maximum atomic E-state index is 10.8. The van der Waals surface area contributed by atoms with E-state index < -0.39 is 23.4 Å². The molecule has 4 N–H and O–H groups in total. The van der Waals surface area contributed by atoms with Crippen molar-refractivity contribution in [2.45, 2.75) is 19.3 Å². The monoisotopic (exact) mass is 338 g/mol. The normalized spacial score (nSPS) is 11.6. The number of benzene rings is 2. The molecule has 0 radical (unpaired) electrons. The summed E-state index contributed by atoms with van der Waals surface area (Å²) in [5.41, 5.74) is 1.75. The van der Waals surface area contributed by atoms with Crippen molar-refractivity contribution in [2.75, 3.05) is 0 Å². The number of hydrogen-bond donors (Lipinski definition) is 4. The van der Waals surface area contributed by atoms with Gasteiger partial charge in [0.25, 0.3) is 0 Å². The van der Waals surface area contributed by atoms with E-state index in [-0.39, 0.29) is 5.92 Å². The van der Waals surface area contributed by atoms with E-state index in [1.165, 1.54) is 0 Å². The van der Waals surface area contributed by atoms with Crippen LogP contribution in [0.15, 0.2) is 48.5 Å². The highest BCUT2D eigenvalue weighted by Gasteiger charge is 2.16. The van der Waals surface area contributed by atoms with Crippen LogP contribution in [0.4, 0.5) is 0 Å². The van der Waals surface area contributed by atoms with Crippen LogP contribution in [0.3, 0.4) is 0 Å². The van der Waals surface area contributed by atoms with Gasteiger partial charge in [0.15, 0.2) is 0 Å². The zero-order chi connectivity index (χ0) is 18.6. The molecular formula is C19H18N2O4. The Hall–Kier alpha value is -3.28. The number of hydrogen-bond acceptors (Lipinski definition) is 4. The van der Waals surface area contributed by atoms with Gasteiger partial charge in [0.1, 0.15) is 11.4 Å². The summed E-state index contributed by atoms with van der Waals surface area (Å²) in [6.45, 7) is 2.02. The fraction of sp³-hybridized carbons (Fsp3) is 0.158. The first-order chi connectivity index (χ1) is 11.8. The summed E-state index contributed by atoms with van der Waals surface area (Å²) in [4.78, 5) is 21.7. The third-order valence-electron chi connectivity index (χ3n) is 4.04. The zero-order valence-corrected chi connectivity index (χ0v) is 13.6. The molecule has 0 aromatic heterocycles. The minimum absolute atomic E-state index is 0.0566. The second-order valence-electron chi connectivity index (χ2n) is 5.57. The molecule has 128 valence electrons. The Balaban J connectivity index is 2.27. The van der Waals surface area contributed by atoms with Gasteiger partial charge in [-0.05, 0) is 17.5 Å². The van der Waals surface area contributed by atoms with Gasteiger partial charge in [0, 0.05) is 17.0 Å². The summed E-state index contributed by atoms with van der Waals surface area (Å²) in [5, 5.41) is 32.7. The minimum atomic E-state index is -1.27. The number of carbonyl (C=O) groups is 2. The van der Waals surface area contributed by atoms with Crippen LogP contribution >= 0.6 is 0 Å². The van der Waals surface area contributed by atoms with Gasteiger partial charge in [0.05, 0.1) is 0 Å². The minimum Gasteiger partial charge on any atom is -0.477 e. The van der Waals surface area contributed by atoms with Crippen molar-refractivity contribution >= 4 is 23.4 Å².